The van der Waals surface area contributed by atoms with Crippen molar-refractivity contribution in [1.29, 1.82) is 0 Å². The summed E-state index contributed by atoms with van der Waals surface area (Å²) in [5.41, 5.74) is 2.57. The predicted molar refractivity (Wildman–Crippen MR) is 82.6 cm³/mol. The maximum Gasteiger partial charge on any atom is 0 e. The van der Waals surface area contributed by atoms with Gasteiger partial charge in [0.15, 0.2) is 0 Å². The Bertz CT molecular complexity index is 293. The molecule has 1 aliphatic heterocycles. The Balaban J connectivity index is 0. The number of benzene rings is 1. The van der Waals surface area contributed by atoms with E-state index in [2.05, 4.69) is 36.5 Å². The van der Waals surface area contributed by atoms with Crippen molar-refractivity contribution in [2.75, 3.05) is 13.1 Å². The first-order valence-electron chi connectivity index (χ1n) is 7.30. The molecule has 2 heteroatoms. The molecule has 0 saturated carbocycles. The van der Waals surface area contributed by atoms with Crippen LogP contribution < -0.4 is 5.32 Å². The third-order valence-corrected chi connectivity index (χ3v) is 2.87. The first-order chi connectivity index (χ1) is 8.86. The summed E-state index contributed by atoms with van der Waals surface area (Å²) in [5.74, 6) is 1.67. The van der Waals surface area contributed by atoms with Crippen molar-refractivity contribution in [3.8, 4) is 0 Å². The van der Waals surface area contributed by atoms with Crippen LogP contribution in [0, 0.1) is 12.8 Å². The zero-order valence-corrected chi connectivity index (χ0v) is 16.0. The van der Waals surface area contributed by atoms with Gasteiger partial charge in [0.2, 0.25) is 0 Å². The number of rotatable bonds is 2. The summed E-state index contributed by atoms with van der Waals surface area (Å²) >= 11 is 0. The smallest absolute Gasteiger partial charge is 0 e. The summed E-state index contributed by atoms with van der Waals surface area (Å²) in [6, 6.07) is 8.44. The monoisotopic (exact) mass is 336 g/mol. The molecule has 0 unspecified atom stereocenters. The minimum absolute atomic E-state index is 0. The summed E-state index contributed by atoms with van der Waals surface area (Å²) in [7, 11) is 0. The Morgan fingerprint density at radius 3 is 2.11 bits per heavy atom. The molecule has 1 nitrogen and oxygen atoms in total. The van der Waals surface area contributed by atoms with Crippen LogP contribution in [0.4, 0.5) is 0 Å². The minimum atomic E-state index is 0. The van der Waals surface area contributed by atoms with Crippen LogP contribution in [0.2, 0.25) is 0 Å². The molecule has 0 atom stereocenters. The molecule has 1 N–H and O–H groups in total. The molecule has 0 aromatic heterocycles. The molecule has 1 aliphatic rings. The van der Waals surface area contributed by atoms with E-state index in [1.165, 1.54) is 24.0 Å². The molecule has 0 bridgehead atoms. The Morgan fingerprint density at radius 1 is 1.05 bits per heavy atom. The van der Waals surface area contributed by atoms with E-state index in [0.29, 0.717) is 0 Å². The fourth-order valence-corrected chi connectivity index (χ4v) is 1.96. The average molecular weight is 336 g/mol. The van der Waals surface area contributed by atoms with Crippen LogP contribution in [0.25, 0.3) is 0 Å². The average Bonchev–Trinajstić information content (AvgIpc) is 2.47. The molecule has 107 valence electrons. The van der Waals surface area contributed by atoms with E-state index in [0.717, 1.165) is 19.5 Å². The number of hydrogen-bond acceptors (Lipinski definition) is 1. The normalized spacial score (nSPS) is 14.1. The van der Waals surface area contributed by atoms with Gasteiger partial charge in [-0.2, -0.15) is 43.4 Å². The molecule has 19 heavy (non-hydrogen) atoms. The molecule has 0 spiro atoms. The van der Waals surface area contributed by atoms with Gasteiger partial charge < -0.3 is 11.2 Å². The van der Waals surface area contributed by atoms with Crippen molar-refractivity contribution in [3.63, 3.8) is 0 Å². The fraction of sp³-hybridized carbons (Fsp3) is 0.529. The molecule has 1 heterocycles. The zero-order valence-electron chi connectivity index (χ0n) is 13.1. The maximum absolute atomic E-state index is 4.06. The molecular weight excluding hydrogens is 307 g/mol. The topological polar surface area (TPSA) is 12.0 Å². The van der Waals surface area contributed by atoms with Gasteiger partial charge in [-0.1, -0.05) is 33.8 Å². The molecule has 0 amide bonds. The van der Waals surface area contributed by atoms with Gasteiger partial charge in [0, 0.05) is 32.7 Å². The van der Waals surface area contributed by atoms with E-state index in [4.69, 9.17) is 0 Å². The largest absolute Gasteiger partial charge is 0.322 e. The van der Waals surface area contributed by atoms with E-state index < -0.39 is 0 Å². The Labute approximate surface area is 145 Å². The molecule has 1 fully saturated rings. The molecule has 1 aromatic carbocycles. The van der Waals surface area contributed by atoms with Gasteiger partial charge in [0.25, 0.3) is 0 Å². The second-order valence-corrected chi connectivity index (χ2v) is 3.95. The molecule has 1 saturated heterocycles. The van der Waals surface area contributed by atoms with Crippen molar-refractivity contribution in [2.24, 2.45) is 0 Å². The van der Waals surface area contributed by atoms with Crippen molar-refractivity contribution in [1.82, 2.24) is 5.32 Å². The Morgan fingerprint density at radius 2 is 1.58 bits per heavy atom. The second-order valence-electron chi connectivity index (χ2n) is 3.95. The molecule has 1 radical (unpaired) electrons. The molecule has 1 aromatic rings. The van der Waals surface area contributed by atoms with Crippen molar-refractivity contribution >= 4 is 0 Å². The van der Waals surface area contributed by atoms with Crippen LogP contribution in [0.1, 0.15) is 51.7 Å². The van der Waals surface area contributed by atoms with Gasteiger partial charge in [-0.15, -0.1) is 12.1 Å². The van der Waals surface area contributed by atoms with Crippen LogP contribution in [0.5, 0.6) is 0 Å². The third kappa shape index (κ3) is 8.84. The van der Waals surface area contributed by atoms with Gasteiger partial charge in [0.1, 0.15) is 0 Å². The van der Waals surface area contributed by atoms with Gasteiger partial charge in [0.05, 0.1) is 0 Å². The van der Waals surface area contributed by atoms with E-state index in [-0.39, 0.29) is 32.7 Å². The first kappa shape index (κ1) is 21.5. The molecule has 0 aliphatic carbocycles. The zero-order chi connectivity index (χ0) is 13.8. The van der Waals surface area contributed by atoms with E-state index in [1.807, 2.05) is 27.7 Å². The maximum atomic E-state index is 4.06. The van der Waals surface area contributed by atoms with Gasteiger partial charge >= 0.3 is 0 Å². The summed E-state index contributed by atoms with van der Waals surface area (Å²) in [5, 5.41) is 3.38. The van der Waals surface area contributed by atoms with Crippen LogP contribution in [-0.2, 0) is 39.1 Å². The van der Waals surface area contributed by atoms with Crippen LogP contribution in [0.15, 0.2) is 24.3 Å². The van der Waals surface area contributed by atoms with Gasteiger partial charge in [-0.05, 0) is 13.1 Å². The van der Waals surface area contributed by atoms with E-state index in [1.54, 1.807) is 5.92 Å². The summed E-state index contributed by atoms with van der Waals surface area (Å²) in [6.45, 7) is 14.4. The second kappa shape index (κ2) is 14.6. The van der Waals surface area contributed by atoms with E-state index in [9.17, 15) is 0 Å². The summed E-state index contributed by atoms with van der Waals surface area (Å²) < 4.78 is 0. The summed E-state index contributed by atoms with van der Waals surface area (Å²) in [6.07, 6.45) is 3.59. The minimum Gasteiger partial charge on any atom is -0.322 e. The van der Waals surface area contributed by atoms with E-state index >= 15 is 0 Å². The quantitative estimate of drug-likeness (QED) is 0.789. The van der Waals surface area contributed by atoms with Crippen LogP contribution in [-0.4, -0.2) is 13.1 Å². The third-order valence-electron chi connectivity index (χ3n) is 2.87. The number of piperidine rings is 1. The predicted octanol–water partition coefficient (Wildman–Crippen LogP) is 4.42. The standard InChI is InChI=1S/C13H17N.2C2H6.Y/c1-11-4-2-3-5-13(11)10-12-6-8-14-9-7-12;2*1-2;/h2-5,14H,1,6-10H2;2*1-2H3;/q-2;;;. The Kier molecular flexibility index (Phi) is 16.4. The molecule has 2 rings (SSSR count). The van der Waals surface area contributed by atoms with Crippen molar-refractivity contribution in [2.45, 2.75) is 47.0 Å². The fourth-order valence-electron chi connectivity index (χ4n) is 1.96. The summed E-state index contributed by atoms with van der Waals surface area (Å²) in [4.78, 5) is 0. The molecular formula is C17H29NY-2. The van der Waals surface area contributed by atoms with Crippen molar-refractivity contribution in [3.05, 3.63) is 48.2 Å². The first-order valence-corrected chi connectivity index (χ1v) is 7.30. The van der Waals surface area contributed by atoms with Crippen LogP contribution in [0.3, 0.4) is 0 Å². The number of nitrogens with one attached hydrogen (secondary N) is 1. The Hall–Kier alpha value is 0.154. The van der Waals surface area contributed by atoms with Gasteiger partial charge in [-0.3, -0.25) is 0 Å². The van der Waals surface area contributed by atoms with Gasteiger partial charge in [-0.25, -0.2) is 0 Å². The SMILES string of the molecule is CC.CC.[CH2-]c1ccccc1C[C-]1CCNCC1.[Y]. The van der Waals surface area contributed by atoms with Crippen molar-refractivity contribution < 1.29 is 32.7 Å². The van der Waals surface area contributed by atoms with Crippen LogP contribution >= 0.6 is 0 Å². The number of hydrogen-bond donors (Lipinski definition) is 1.